The molecule has 2 aromatic heterocycles. The van der Waals surface area contributed by atoms with Crippen LogP contribution in [0.5, 0.6) is 0 Å². The van der Waals surface area contributed by atoms with Gasteiger partial charge in [-0.3, -0.25) is 14.6 Å². The van der Waals surface area contributed by atoms with Gasteiger partial charge in [0.05, 0.1) is 24.6 Å². The van der Waals surface area contributed by atoms with E-state index in [4.69, 9.17) is 4.74 Å². The maximum Gasteiger partial charge on any atom is 0.255 e. The van der Waals surface area contributed by atoms with Crippen LogP contribution in [0.15, 0.2) is 35.1 Å². The topological polar surface area (TPSA) is 105 Å². The number of H-pyrrole nitrogens is 1. The number of rotatable bonds is 6. The van der Waals surface area contributed by atoms with Gasteiger partial charge < -0.3 is 15.0 Å². The molecule has 1 amide bonds. The van der Waals surface area contributed by atoms with Crippen LogP contribution in [0.1, 0.15) is 44.1 Å². The predicted molar refractivity (Wildman–Crippen MR) is 132 cm³/mol. The summed E-state index contributed by atoms with van der Waals surface area (Å²) in [7, 11) is 0. The summed E-state index contributed by atoms with van der Waals surface area (Å²) in [6.07, 6.45) is 0.349. The van der Waals surface area contributed by atoms with E-state index in [0.717, 1.165) is 5.69 Å². The van der Waals surface area contributed by atoms with Crippen molar-refractivity contribution in [2.45, 2.75) is 46.0 Å². The van der Waals surface area contributed by atoms with Crippen molar-refractivity contribution in [2.24, 2.45) is 0 Å². The molecule has 0 radical (unpaired) electrons. The number of morpholine rings is 1. The van der Waals surface area contributed by atoms with E-state index in [1.165, 1.54) is 12.1 Å². The molecule has 186 valence electrons. The second-order valence-electron chi connectivity index (χ2n) is 9.65. The van der Waals surface area contributed by atoms with E-state index in [9.17, 15) is 14.0 Å². The second-order valence-corrected chi connectivity index (χ2v) is 9.65. The lowest BCUT2D eigenvalue weighted by atomic mass is 9.92. The van der Waals surface area contributed by atoms with E-state index < -0.39 is 0 Å². The summed E-state index contributed by atoms with van der Waals surface area (Å²) in [5, 5.41) is 7.54. The number of nitrogens with one attached hydrogen (secondary N) is 2. The molecule has 0 spiro atoms. The maximum absolute atomic E-state index is 13.4. The van der Waals surface area contributed by atoms with Gasteiger partial charge in [-0.2, -0.15) is 5.10 Å². The minimum atomic E-state index is -0.351. The van der Waals surface area contributed by atoms with E-state index in [-0.39, 0.29) is 35.5 Å². The molecule has 1 saturated heterocycles. The van der Waals surface area contributed by atoms with Crippen LogP contribution < -0.4 is 15.8 Å². The van der Waals surface area contributed by atoms with Gasteiger partial charge in [0.1, 0.15) is 11.6 Å². The number of carbonyl (C=O) groups is 1. The molecule has 0 bridgehead atoms. The summed E-state index contributed by atoms with van der Waals surface area (Å²) >= 11 is 0. The van der Waals surface area contributed by atoms with Gasteiger partial charge in [-0.05, 0) is 37.6 Å². The zero-order valence-corrected chi connectivity index (χ0v) is 20.5. The summed E-state index contributed by atoms with van der Waals surface area (Å²) in [4.78, 5) is 35.0. The van der Waals surface area contributed by atoms with Crippen molar-refractivity contribution in [1.29, 1.82) is 0 Å². The molecular weight excluding hydrogens is 451 g/mol. The van der Waals surface area contributed by atoms with Crippen molar-refractivity contribution < 1.29 is 13.9 Å². The first kappa shape index (κ1) is 24.6. The highest BCUT2D eigenvalue weighted by atomic mass is 19.1. The molecular formula is C25H31FN6O3. The molecule has 3 aromatic rings. The Labute approximate surface area is 203 Å². The molecule has 1 aromatic carbocycles. The van der Waals surface area contributed by atoms with Crippen LogP contribution in [0.2, 0.25) is 0 Å². The monoisotopic (exact) mass is 482 g/mol. The van der Waals surface area contributed by atoms with Crippen LogP contribution in [0, 0.1) is 12.7 Å². The molecule has 35 heavy (non-hydrogen) atoms. The summed E-state index contributed by atoms with van der Waals surface area (Å²) in [5.41, 5.74) is 2.02. The first-order valence-corrected chi connectivity index (χ1v) is 11.7. The van der Waals surface area contributed by atoms with E-state index in [1.807, 2.05) is 31.7 Å². The van der Waals surface area contributed by atoms with Gasteiger partial charge in [0.2, 0.25) is 11.9 Å². The average molecular weight is 483 g/mol. The predicted octanol–water partition coefficient (Wildman–Crippen LogP) is 3.11. The number of hydrogen-bond acceptors (Lipinski definition) is 6. The molecule has 1 fully saturated rings. The quantitative estimate of drug-likeness (QED) is 0.559. The van der Waals surface area contributed by atoms with Crippen molar-refractivity contribution in [3.05, 3.63) is 63.5 Å². The van der Waals surface area contributed by atoms with E-state index >= 15 is 0 Å². The average Bonchev–Trinajstić information content (AvgIpc) is 3.23. The Hall–Kier alpha value is -3.53. The SMILES string of the molecule is Cc1nc(N2CCOCC2)[nH]c(=O)c1CCC(=O)Nc1cc(C(C)(C)C)nn1-c1ccc(F)cc1. The zero-order chi connectivity index (χ0) is 25.2. The zero-order valence-electron chi connectivity index (χ0n) is 20.5. The van der Waals surface area contributed by atoms with E-state index in [0.29, 0.717) is 55.0 Å². The first-order valence-electron chi connectivity index (χ1n) is 11.7. The summed E-state index contributed by atoms with van der Waals surface area (Å²) < 4.78 is 20.4. The number of aromatic nitrogens is 4. The molecule has 2 N–H and O–H groups in total. The largest absolute Gasteiger partial charge is 0.378 e. The number of halogens is 1. The van der Waals surface area contributed by atoms with Gasteiger partial charge in [0.25, 0.3) is 5.56 Å². The van der Waals surface area contributed by atoms with Crippen molar-refractivity contribution in [1.82, 2.24) is 19.7 Å². The Bertz CT molecular complexity index is 1250. The third-order valence-electron chi connectivity index (χ3n) is 5.94. The molecule has 4 rings (SSSR count). The Morgan fingerprint density at radius 1 is 1.20 bits per heavy atom. The van der Waals surface area contributed by atoms with Crippen molar-refractivity contribution in [3.8, 4) is 5.69 Å². The fourth-order valence-corrected chi connectivity index (χ4v) is 3.87. The standard InChI is InChI=1S/C25H31FN6O3/c1-16-19(23(34)29-24(27-16)31-11-13-35-14-12-31)9-10-22(33)28-21-15-20(25(2,3)4)30-32(21)18-7-5-17(26)6-8-18/h5-8,15H,9-14H2,1-4H3,(H,28,33)(H,27,29,34). The molecule has 3 heterocycles. The van der Waals surface area contributed by atoms with Crippen molar-refractivity contribution in [2.75, 3.05) is 36.5 Å². The van der Waals surface area contributed by atoms with Gasteiger partial charge in [0.15, 0.2) is 0 Å². The van der Waals surface area contributed by atoms with Gasteiger partial charge in [0, 0.05) is 42.2 Å². The molecule has 10 heteroatoms. The number of hydrogen-bond donors (Lipinski definition) is 2. The van der Waals surface area contributed by atoms with Gasteiger partial charge in [-0.15, -0.1) is 0 Å². The van der Waals surface area contributed by atoms with Crippen LogP contribution in [-0.4, -0.2) is 52.0 Å². The molecule has 1 aliphatic rings. The molecule has 1 aliphatic heterocycles. The number of ether oxygens (including phenoxy) is 1. The fourth-order valence-electron chi connectivity index (χ4n) is 3.87. The highest BCUT2D eigenvalue weighted by Gasteiger charge is 2.22. The fraction of sp³-hybridized carbons (Fsp3) is 0.440. The van der Waals surface area contributed by atoms with Crippen LogP contribution in [-0.2, 0) is 21.4 Å². The molecule has 9 nitrogen and oxygen atoms in total. The molecule has 0 atom stereocenters. The molecule has 0 aliphatic carbocycles. The maximum atomic E-state index is 13.4. The Kier molecular flexibility index (Phi) is 7.02. The Morgan fingerprint density at radius 3 is 2.51 bits per heavy atom. The van der Waals surface area contributed by atoms with Crippen LogP contribution in [0.25, 0.3) is 5.69 Å². The van der Waals surface area contributed by atoms with E-state index in [2.05, 4.69) is 20.4 Å². The number of nitrogens with zero attached hydrogens (tertiary/aromatic N) is 4. The number of anilines is 2. The smallest absolute Gasteiger partial charge is 0.255 e. The van der Waals surface area contributed by atoms with Crippen LogP contribution in [0.4, 0.5) is 16.2 Å². The number of amides is 1. The van der Waals surface area contributed by atoms with Crippen LogP contribution in [0.3, 0.4) is 0 Å². The lowest BCUT2D eigenvalue weighted by Crippen LogP contribution is -2.38. The highest BCUT2D eigenvalue weighted by Crippen LogP contribution is 2.26. The van der Waals surface area contributed by atoms with Crippen LogP contribution >= 0.6 is 0 Å². The van der Waals surface area contributed by atoms with Gasteiger partial charge in [-0.1, -0.05) is 20.8 Å². The number of carbonyl (C=O) groups excluding carboxylic acids is 1. The Morgan fingerprint density at radius 2 is 1.89 bits per heavy atom. The van der Waals surface area contributed by atoms with Gasteiger partial charge >= 0.3 is 0 Å². The van der Waals surface area contributed by atoms with E-state index in [1.54, 1.807) is 23.7 Å². The lowest BCUT2D eigenvalue weighted by Gasteiger charge is -2.27. The van der Waals surface area contributed by atoms with Crippen molar-refractivity contribution in [3.63, 3.8) is 0 Å². The Balaban J connectivity index is 1.49. The number of aromatic amines is 1. The normalized spacial score (nSPS) is 14.3. The summed E-state index contributed by atoms with van der Waals surface area (Å²) in [6.45, 7) is 10.4. The number of aryl methyl sites for hydroxylation is 1. The highest BCUT2D eigenvalue weighted by molar-refractivity contribution is 5.90. The minimum absolute atomic E-state index is 0.0992. The summed E-state index contributed by atoms with van der Waals surface area (Å²) in [5.74, 6) is 0.404. The third-order valence-corrected chi connectivity index (χ3v) is 5.94. The lowest BCUT2D eigenvalue weighted by molar-refractivity contribution is -0.116. The molecule has 0 unspecified atom stereocenters. The summed E-state index contributed by atoms with van der Waals surface area (Å²) in [6, 6.07) is 7.73. The number of benzene rings is 1. The van der Waals surface area contributed by atoms with Gasteiger partial charge in [-0.25, -0.2) is 14.1 Å². The molecule has 0 saturated carbocycles. The second kappa shape index (κ2) is 9.99. The minimum Gasteiger partial charge on any atom is -0.378 e. The first-order chi connectivity index (χ1) is 16.6. The third kappa shape index (κ3) is 5.76. The van der Waals surface area contributed by atoms with Crippen molar-refractivity contribution >= 4 is 17.7 Å².